The number of hydrogen-bond donors (Lipinski definition) is 2. The Balaban J connectivity index is 2.62. The molecule has 2 N–H and O–H groups in total. The van der Waals surface area contributed by atoms with Crippen LogP contribution >= 0.6 is 0 Å². The van der Waals surface area contributed by atoms with Crippen molar-refractivity contribution in [1.82, 2.24) is 5.32 Å². The van der Waals surface area contributed by atoms with E-state index in [9.17, 15) is 14.9 Å². The van der Waals surface area contributed by atoms with Gasteiger partial charge in [-0.3, -0.25) is 10.1 Å². The Labute approximate surface area is 135 Å². The highest BCUT2D eigenvalue weighted by Gasteiger charge is 2.17. The first-order valence-electron chi connectivity index (χ1n) is 7.18. The third kappa shape index (κ3) is 6.41. The Morgan fingerprint density at radius 1 is 1.39 bits per heavy atom. The van der Waals surface area contributed by atoms with Gasteiger partial charge in [0.1, 0.15) is 11.4 Å². The SMILES string of the molecule is COc1cc([N+](=O)[O-])ccc1NC(C)CNC(=O)OC(C)(C)C. The number of hydrogen-bond acceptors (Lipinski definition) is 6. The summed E-state index contributed by atoms with van der Waals surface area (Å²) in [6.45, 7) is 7.55. The number of rotatable bonds is 6. The quantitative estimate of drug-likeness (QED) is 0.616. The molecule has 1 rings (SSSR count). The molecule has 0 aliphatic heterocycles. The van der Waals surface area contributed by atoms with Crippen molar-refractivity contribution in [3.8, 4) is 5.75 Å². The average molecular weight is 325 g/mol. The van der Waals surface area contributed by atoms with Crippen molar-refractivity contribution in [2.45, 2.75) is 39.3 Å². The molecule has 0 fully saturated rings. The third-order valence-electron chi connectivity index (χ3n) is 2.75. The number of amides is 1. The molecule has 0 radical (unpaired) electrons. The number of nitro groups is 1. The zero-order valence-electron chi connectivity index (χ0n) is 14.0. The Hall–Kier alpha value is -2.51. The van der Waals surface area contributed by atoms with Crippen molar-refractivity contribution in [2.24, 2.45) is 0 Å². The minimum atomic E-state index is -0.553. The van der Waals surface area contributed by atoms with Crippen molar-refractivity contribution >= 4 is 17.5 Å². The molecule has 0 aliphatic rings. The first-order chi connectivity index (χ1) is 10.6. The van der Waals surface area contributed by atoms with Crippen molar-refractivity contribution in [1.29, 1.82) is 0 Å². The van der Waals surface area contributed by atoms with Crippen molar-refractivity contribution in [3.05, 3.63) is 28.3 Å². The molecule has 1 aromatic rings. The van der Waals surface area contributed by atoms with E-state index in [1.165, 1.54) is 19.2 Å². The maximum atomic E-state index is 11.6. The molecule has 0 saturated heterocycles. The number of non-ortho nitro benzene ring substituents is 1. The molecule has 0 bridgehead atoms. The molecule has 0 aromatic heterocycles. The van der Waals surface area contributed by atoms with E-state index in [-0.39, 0.29) is 11.7 Å². The highest BCUT2D eigenvalue weighted by molar-refractivity contribution is 5.68. The number of anilines is 1. The third-order valence-corrected chi connectivity index (χ3v) is 2.75. The van der Waals surface area contributed by atoms with Crippen molar-refractivity contribution in [3.63, 3.8) is 0 Å². The van der Waals surface area contributed by atoms with Crippen LogP contribution in [-0.2, 0) is 4.74 Å². The van der Waals surface area contributed by atoms with Crippen LogP contribution in [0.3, 0.4) is 0 Å². The molecule has 1 amide bonds. The molecule has 1 unspecified atom stereocenters. The predicted molar refractivity (Wildman–Crippen MR) is 87.0 cm³/mol. The van der Waals surface area contributed by atoms with Gasteiger partial charge < -0.3 is 20.1 Å². The van der Waals surface area contributed by atoms with Gasteiger partial charge in [0.2, 0.25) is 0 Å². The Morgan fingerprint density at radius 2 is 2.04 bits per heavy atom. The van der Waals surface area contributed by atoms with Crippen LogP contribution in [0.25, 0.3) is 0 Å². The molecule has 1 aromatic carbocycles. The topological polar surface area (TPSA) is 103 Å². The molecule has 8 heteroatoms. The lowest BCUT2D eigenvalue weighted by molar-refractivity contribution is -0.384. The largest absolute Gasteiger partial charge is 0.494 e. The molecule has 0 saturated carbocycles. The van der Waals surface area contributed by atoms with Crippen LogP contribution in [0.15, 0.2) is 18.2 Å². The predicted octanol–water partition coefficient (Wildman–Crippen LogP) is 2.93. The zero-order valence-corrected chi connectivity index (χ0v) is 14.0. The minimum absolute atomic E-state index is 0.0491. The van der Waals surface area contributed by atoms with E-state index in [2.05, 4.69) is 10.6 Å². The van der Waals surface area contributed by atoms with E-state index >= 15 is 0 Å². The number of carbonyl (C=O) groups is 1. The van der Waals surface area contributed by atoms with E-state index in [4.69, 9.17) is 9.47 Å². The highest BCUT2D eigenvalue weighted by atomic mass is 16.6. The Morgan fingerprint density at radius 3 is 2.57 bits per heavy atom. The summed E-state index contributed by atoms with van der Waals surface area (Å²) in [5.74, 6) is 0.364. The molecular formula is C15H23N3O5. The van der Waals surface area contributed by atoms with E-state index in [0.717, 1.165) is 0 Å². The maximum Gasteiger partial charge on any atom is 0.407 e. The first kappa shape index (κ1) is 18.5. The van der Waals surface area contributed by atoms with E-state index in [1.807, 2.05) is 6.92 Å². The fraction of sp³-hybridized carbons (Fsp3) is 0.533. The monoisotopic (exact) mass is 325 g/mol. The molecule has 0 heterocycles. The van der Waals surface area contributed by atoms with Gasteiger partial charge in [0.05, 0.1) is 23.8 Å². The van der Waals surface area contributed by atoms with Crippen LogP contribution in [0.1, 0.15) is 27.7 Å². The number of nitrogens with zero attached hydrogens (tertiary/aromatic N) is 1. The fourth-order valence-corrected chi connectivity index (χ4v) is 1.78. The molecule has 8 nitrogen and oxygen atoms in total. The standard InChI is InChI=1S/C15H23N3O5/c1-10(9-16-14(19)23-15(2,3)4)17-12-7-6-11(18(20)21)8-13(12)22-5/h6-8,10,17H,9H2,1-5H3,(H,16,19). The van der Waals surface area contributed by atoms with E-state index < -0.39 is 16.6 Å². The summed E-state index contributed by atoms with van der Waals surface area (Å²) in [6, 6.07) is 4.17. The lowest BCUT2D eigenvalue weighted by Crippen LogP contribution is -2.38. The van der Waals surface area contributed by atoms with Crippen LogP contribution in [0.4, 0.5) is 16.2 Å². The number of ether oxygens (including phenoxy) is 2. The van der Waals surface area contributed by atoms with Crippen LogP contribution in [0.5, 0.6) is 5.75 Å². The van der Waals surface area contributed by atoms with Crippen molar-refractivity contribution < 1.29 is 19.2 Å². The van der Waals surface area contributed by atoms with Crippen LogP contribution < -0.4 is 15.4 Å². The number of alkyl carbamates (subject to hydrolysis) is 1. The fourth-order valence-electron chi connectivity index (χ4n) is 1.78. The summed E-state index contributed by atoms with van der Waals surface area (Å²) in [5, 5.41) is 16.5. The van der Waals surface area contributed by atoms with Gasteiger partial charge in [-0.25, -0.2) is 4.79 Å². The number of benzene rings is 1. The summed E-state index contributed by atoms with van der Waals surface area (Å²) in [5.41, 5.74) is 0.00558. The molecule has 128 valence electrons. The van der Waals surface area contributed by atoms with Crippen LogP contribution in [0.2, 0.25) is 0 Å². The number of nitro benzene ring substituents is 1. The van der Waals surface area contributed by atoms with Gasteiger partial charge in [0.15, 0.2) is 0 Å². The number of carbonyl (C=O) groups excluding carboxylic acids is 1. The second-order valence-electron chi connectivity index (χ2n) is 6.07. The normalized spacial score (nSPS) is 12.2. The van der Waals surface area contributed by atoms with Gasteiger partial charge in [-0.05, 0) is 33.8 Å². The zero-order chi connectivity index (χ0) is 17.6. The summed E-state index contributed by atoms with van der Waals surface area (Å²) in [4.78, 5) is 21.9. The Bertz CT molecular complexity index is 569. The minimum Gasteiger partial charge on any atom is -0.494 e. The van der Waals surface area contributed by atoms with Gasteiger partial charge in [-0.2, -0.15) is 0 Å². The maximum absolute atomic E-state index is 11.6. The first-order valence-corrected chi connectivity index (χ1v) is 7.18. The van der Waals surface area contributed by atoms with Gasteiger partial charge in [-0.1, -0.05) is 0 Å². The Kier molecular flexibility index (Phi) is 6.18. The summed E-state index contributed by atoms with van der Waals surface area (Å²) >= 11 is 0. The van der Waals surface area contributed by atoms with Crippen molar-refractivity contribution in [2.75, 3.05) is 19.0 Å². The second kappa shape index (κ2) is 7.66. The van der Waals surface area contributed by atoms with E-state index in [0.29, 0.717) is 18.0 Å². The van der Waals surface area contributed by atoms with Gasteiger partial charge >= 0.3 is 6.09 Å². The summed E-state index contributed by atoms with van der Waals surface area (Å²) in [7, 11) is 1.44. The molecular weight excluding hydrogens is 302 g/mol. The van der Waals surface area contributed by atoms with Gasteiger partial charge in [0.25, 0.3) is 5.69 Å². The molecule has 0 spiro atoms. The highest BCUT2D eigenvalue weighted by Crippen LogP contribution is 2.29. The smallest absolute Gasteiger partial charge is 0.407 e. The van der Waals surface area contributed by atoms with Crippen LogP contribution in [-0.4, -0.2) is 36.3 Å². The lowest BCUT2D eigenvalue weighted by atomic mass is 10.2. The molecule has 1 atom stereocenters. The lowest BCUT2D eigenvalue weighted by Gasteiger charge is -2.22. The second-order valence-corrected chi connectivity index (χ2v) is 6.07. The summed E-state index contributed by atoms with van der Waals surface area (Å²) in [6.07, 6.45) is -0.498. The average Bonchev–Trinajstić information content (AvgIpc) is 2.43. The number of nitrogens with one attached hydrogen (secondary N) is 2. The van der Waals surface area contributed by atoms with E-state index in [1.54, 1.807) is 26.8 Å². The summed E-state index contributed by atoms with van der Waals surface area (Å²) < 4.78 is 10.3. The number of methoxy groups -OCH3 is 1. The van der Waals surface area contributed by atoms with Crippen LogP contribution in [0, 0.1) is 10.1 Å². The van der Waals surface area contributed by atoms with Gasteiger partial charge in [-0.15, -0.1) is 0 Å². The molecule has 23 heavy (non-hydrogen) atoms. The molecule has 0 aliphatic carbocycles. The van der Waals surface area contributed by atoms with Gasteiger partial charge in [0, 0.05) is 18.7 Å².